The quantitative estimate of drug-likeness (QED) is 0.190. The zero-order valence-corrected chi connectivity index (χ0v) is 34.5. The van der Waals surface area contributed by atoms with Crippen LogP contribution >= 0.6 is 0 Å². The number of hydrogen-bond donors (Lipinski definition) is 4. The molecule has 308 valence electrons. The van der Waals surface area contributed by atoms with Gasteiger partial charge in [-0.15, -0.1) is 0 Å². The number of nitrogens with one attached hydrogen (secondary N) is 3. The number of nitrogens with zero attached hydrogens (tertiary/aromatic N) is 2. The molecule has 2 unspecified atom stereocenters. The van der Waals surface area contributed by atoms with Crippen LogP contribution in [0, 0.1) is 17.3 Å². The number of methoxy groups -OCH3 is 1. The minimum absolute atomic E-state index is 0.000280. The van der Waals surface area contributed by atoms with Gasteiger partial charge < -0.3 is 44.7 Å². The minimum Gasteiger partial charge on any atom is -0.496 e. The lowest BCUT2D eigenvalue weighted by molar-refractivity contribution is -0.199. The maximum Gasteiger partial charge on any atom is 0.482 e. The molecule has 6 amide bonds. The molecule has 5 fully saturated rings. The van der Waals surface area contributed by atoms with Crippen molar-refractivity contribution < 1.29 is 52.7 Å². The van der Waals surface area contributed by atoms with Crippen LogP contribution in [0.1, 0.15) is 104 Å². The van der Waals surface area contributed by atoms with Crippen molar-refractivity contribution >= 4 is 42.9 Å². The number of carboxylic acid groups (broad SMARTS) is 1. The summed E-state index contributed by atoms with van der Waals surface area (Å²) in [5.74, 6) is -4.07. The summed E-state index contributed by atoms with van der Waals surface area (Å²) in [5, 5.41) is 18.2. The van der Waals surface area contributed by atoms with Gasteiger partial charge in [-0.25, -0.2) is 14.4 Å². The van der Waals surface area contributed by atoms with Crippen LogP contribution in [0.4, 0.5) is 9.59 Å². The van der Waals surface area contributed by atoms with Gasteiger partial charge in [0.15, 0.2) is 0 Å². The SMILES string of the molecule is CCN1CCN(C(=O)NC(CNC(=O)OC(C)(C)C)C(=O)NC(Cc2c(C(C)(C)C)ccc(C(=O)O)c2OC)B2O[C@@H]3C[C@@H]4C[C@@H](C4(C)C)[C@]3(C)O2)C(=O)C1=O. The molecule has 5 aliphatic rings. The van der Waals surface area contributed by atoms with Gasteiger partial charge in [0, 0.05) is 25.2 Å². The standard InChI is InChI=1S/C39H58BN5O11/c1-12-44-15-16-45(32(48)31(44)47)34(51)42-25(20-41-35(52)54-37(5,6)7)30(46)43-28(40-55-27-18-21-17-26(38(21,8)9)39(27,10)56-40)19-23-24(36(2,3)4)14-13-22(33(49)50)29(23)53-11/h13-14,21,25-28H,12,15-20H2,1-11H3,(H,41,52)(H,42,51)(H,43,46)(H,49,50)/t21-,25?,26-,27+,28?,39-/m0/s1. The molecule has 3 aliphatic carbocycles. The van der Waals surface area contributed by atoms with Crippen molar-refractivity contribution in [1.82, 2.24) is 25.8 Å². The van der Waals surface area contributed by atoms with E-state index < -0.39 is 78.1 Å². The van der Waals surface area contributed by atoms with Gasteiger partial charge in [0.2, 0.25) is 5.91 Å². The first-order chi connectivity index (χ1) is 25.9. The van der Waals surface area contributed by atoms with Gasteiger partial charge in [-0.3, -0.25) is 19.3 Å². The fraction of sp³-hybridized carbons (Fsp3) is 0.692. The maximum absolute atomic E-state index is 14.5. The topological polar surface area (TPSA) is 202 Å². The van der Waals surface area contributed by atoms with E-state index in [9.17, 15) is 33.9 Å². The molecule has 3 saturated carbocycles. The zero-order chi connectivity index (χ0) is 41.7. The number of aromatic carboxylic acids is 1. The highest BCUT2D eigenvalue weighted by molar-refractivity contribution is 6.48. The molecule has 0 radical (unpaired) electrons. The molecule has 56 heavy (non-hydrogen) atoms. The van der Waals surface area contributed by atoms with Gasteiger partial charge in [-0.2, -0.15) is 0 Å². The molecule has 0 spiro atoms. The number of urea groups is 1. The second-order valence-corrected chi connectivity index (χ2v) is 18.1. The molecule has 2 saturated heterocycles. The van der Waals surface area contributed by atoms with E-state index >= 15 is 0 Å². The lowest BCUT2D eigenvalue weighted by atomic mass is 9.43. The van der Waals surface area contributed by atoms with Crippen molar-refractivity contribution in [2.75, 3.05) is 33.3 Å². The Morgan fingerprint density at radius 2 is 1.70 bits per heavy atom. The molecule has 1 aromatic rings. The summed E-state index contributed by atoms with van der Waals surface area (Å²) >= 11 is 0. The summed E-state index contributed by atoms with van der Waals surface area (Å²) in [6, 6.07) is 0.748. The highest BCUT2D eigenvalue weighted by atomic mass is 16.7. The second kappa shape index (κ2) is 15.5. The third-order valence-electron chi connectivity index (χ3n) is 12.0. The summed E-state index contributed by atoms with van der Waals surface area (Å²) in [6.45, 7) is 19.0. The number of likely N-dealkylation sites (N-methyl/N-ethyl adjacent to an activating group) is 1. The summed E-state index contributed by atoms with van der Waals surface area (Å²) in [4.78, 5) is 80.9. The Bertz CT molecular complexity index is 1760. The molecule has 4 N–H and O–H groups in total. The van der Waals surface area contributed by atoms with Crippen LogP contribution in [-0.4, -0.2) is 120 Å². The largest absolute Gasteiger partial charge is 0.496 e. The van der Waals surface area contributed by atoms with Gasteiger partial charge in [0.05, 0.1) is 31.3 Å². The minimum atomic E-state index is -1.48. The van der Waals surface area contributed by atoms with Gasteiger partial charge >= 0.3 is 37.0 Å². The fourth-order valence-corrected chi connectivity index (χ4v) is 8.83. The molecule has 17 heteroatoms. The van der Waals surface area contributed by atoms with Crippen molar-refractivity contribution in [3.63, 3.8) is 0 Å². The lowest BCUT2D eigenvalue weighted by Crippen LogP contribution is -2.65. The molecular weight excluding hydrogens is 725 g/mol. The first kappa shape index (κ1) is 42.8. The van der Waals surface area contributed by atoms with Gasteiger partial charge in [-0.05, 0) is 88.2 Å². The Balaban J connectivity index is 1.51. The zero-order valence-electron chi connectivity index (χ0n) is 34.5. The Morgan fingerprint density at radius 1 is 1.02 bits per heavy atom. The number of piperazine rings is 1. The number of carboxylic acids is 1. The van der Waals surface area contributed by atoms with Crippen molar-refractivity contribution in [2.45, 2.75) is 123 Å². The molecule has 6 rings (SSSR count). The van der Waals surface area contributed by atoms with E-state index in [1.807, 2.05) is 27.7 Å². The number of benzene rings is 1. The molecule has 2 bridgehead atoms. The van der Waals surface area contributed by atoms with Crippen molar-refractivity contribution in [1.29, 1.82) is 0 Å². The fourth-order valence-electron chi connectivity index (χ4n) is 8.83. The third-order valence-corrected chi connectivity index (χ3v) is 12.0. The molecule has 1 aromatic carbocycles. The smallest absolute Gasteiger partial charge is 0.482 e. The predicted octanol–water partition coefficient (Wildman–Crippen LogP) is 3.28. The van der Waals surface area contributed by atoms with E-state index in [0.717, 1.165) is 23.3 Å². The Morgan fingerprint density at radius 3 is 2.27 bits per heavy atom. The number of hydrogen-bond acceptors (Lipinski definition) is 10. The van der Waals surface area contributed by atoms with E-state index in [2.05, 4.69) is 29.8 Å². The van der Waals surface area contributed by atoms with Crippen molar-refractivity contribution in [3.05, 3.63) is 28.8 Å². The van der Waals surface area contributed by atoms with Crippen LogP contribution < -0.4 is 20.7 Å². The number of rotatable bonds is 11. The average molecular weight is 784 g/mol. The van der Waals surface area contributed by atoms with Crippen molar-refractivity contribution in [2.24, 2.45) is 17.3 Å². The van der Waals surface area contributed by atoms with Crippen LogP contribution in [0.15, 0.2) is 12.1 Å². The number of alkyl carbamates (subject to hydrolysis) is 1. The third kappa shape index (κ3) is 8.34. The molecule has 2 heterocycles. The van der Waals surface area contributed by atoms with Crippen LogP contribution in [0.25, 0.3) is 0 Å². The van der Waals surface area contributed by atoms with Gasteiger partial charge in [0.1, 0.15) is 23.0 Å². The summed E-state index contributed by atoms with van der Waals surface area (Å²) in [6.07, 6.45) is 0.620. The van der Waals surface area contributed by atoms with E-state index in [1.165, 1.54) is 18.1 Å². The molecule has 2 aliphatic heterocycles. The number of ether oxygens (including phenoxy) is 2. The summed E-state index contributed by atoms with van der Waals surface area (Å²) < 4.78 is 24.6. The number of carbonyl (C=O) groups is 6. The normalized spacial score (nSPS) is 25.4. The number of imide groups is 1. The highest BCUT2D eigenvalue weighted by Gasteiger charge is 2.68. The second-order valence-electron chi connectivity index (χ2n) is 18.1. The average Bonchev–Trinajstić information content (AvgIpc) is 3.46. The first-order valence-corrected chi connectivity index (χ1v) is 19.4. The number of carbonyl (C=O) groups excluding carboxylic acids is 5. The van der Waals surface area contributed by atoms with Crippen LogP contribution in [0.5, 0.6) is 5.75 Å². The highest BCUT2D eigenvalue weighted by Crippen LogP contribution is 2.65. The molecule has 6 atom stereocenters. The lowest BCUT2D eigenvalue weighted by Gasteiger charge is -2.64. The Labute approximate surface area is 329 Å². The van der Waals surface area contributed by atoms with Crippen LogP contribution in [0.3, 0.4) is 0 Å². The summed E-state index contributed by atoms with van der Waals surface area (Å²) in [7, 11) is 0.380. The van der Waals surface area contributed by atoms with Gasteiger partial charge in [0.25, 0.3) is 0 Å². The first-order valence-electron chi connectivity index (χ1n) is 19.4. The predicted molar refractivity (Wildman–Crippen MR) is 205 cm³/mol. The van der Waals surface area contributed by atoms with Crippen LogP contribution in [-0.2, 0) is 40.3 Å². The van der Waals surface area contributed by atoms with E-state index in [1.54, 1.807) is 33.8 Å². The van der Waals surface area contributed by atoms with Gasteiger partial charge in [-0.1, -0.05) is 40.7 Å². The molecule has 0 aromatic heterocycles. The molecule has 16 nitrogen and oxygen atoms in total. The Kier molecular flexibility index (Phi) is 11.9. The Hall–Kier alpha value is -4.38. The maximum atomic E-state index is 14.5. The van der Waals surface area contributed by atoms with E-state index in [-0.39, 0.29) is 54.8 Å². The van der Waals surface area contributed by atoms with Crippen LogP contribution in [0.2, 0.25) is 0 Å². The summed E-state index contributed by atoms with van der Waals surface area (Å²) in [5.41, 5.74) is -0.782. The van der Waals surface area contributed by atoms with Crippen molar-refractivity contribution in [3.8, 4) is 5.75 Å². The monoisotopic (exact) mass is 783 g/mol. The number of amides is 6. The van der Waals surface area contributed by atoms with E-state index in [4.69, 9.17) is 18.8 Å². The van der Waals surface area contributed by atoms with E-state index in [0.29, 0.717) is 11.5 Å². The molecular formula is C39H58BN5O11.